The maximum atomic E-state index is 13.7. The van der Waals surface area contributed by atoms with Gasteiger partial charge in [-0.3, -0.25) is 14.9 Å². The summed E-state index contributed by atoms with van der Waals surface area (Å²) in [4.78, 5) is 70.0. The zero-order valence-corrected chi connectivity index (χ0v) is 25.2. The van der Waals surface area contributed by atoms with Gasteiger partial charge in [0, 0.05) is 43.7 Å². The lowest BCUT2D eigenvalue weighted by molar-refractivity contribution is -0.402. The minimum absolute atomic E-state index is 0.00349. The van der Waals surface area contributed by atoms with Gasteiger partial charge in [0.2, 0.25) is 5.60 Å². The number of cyclic esters (lactones) is 1. The number of aromatic nitrogens is 2. The Balaban J connectivity index is 1.18. The van der Waals surface area contributed by atoms with Crippen molar-refractivity contribution >= 4 is 34.9 Å². The zero-order valence-electron chi connectivity index (χ0n) is 25.2. The number of amides is 2. The maximum Gasteiger partial charge on any atom is 0.433 e. The molecular formula is C31H29N5O10. The second kappa shape index (κ2) is 11.6. The minimum atomic E-state index is -1.89. The lowest BCUT2D eigenvalue weighted by Gasteiger charge is -2.36. The number of ether oxygens (including phenoxy) is 3. The van der Waals surface area contributed by atoms with Crippen LogP contribution in [-0.4, -0.2) is 69.6 Å². The van der Waals surface area contributed by atoms with Crippen molar-refractivity contribution in [2.24, 2.45) is 0 Å². The molecule has 0 bridgehead atoms. The quantitative estimate of drug-likeness (QED) is 0.105. The highest BCUT2D eigenvalue weighted by Gasteiger charge is 2.51. The maximum absolute atomic E-state index is 13.7. The van der Waals surface area contributed by atoms with Gasteiger partial charge in [0.25, 0.3) is 5.56 Å². The minimum Gasteiger partial charge on any atom is -0.457 e. The molecule has 3 aromatic heterocycles. The Hall–Kier alpha value is -5.73. The summed E-state index contributed by atoms with van der Waals surface area (Å²) in [5, 5.41) is 11.7. The van der Waals surface area contributed by atoms with E-state index < -0.39 is 34.6 Å². The summed E-state index contributed by atoms with van der Waals surface area (Å²) in [6.07, 6.45) is -1.63. The molecule has 46 heavy (non-hydrogen) atoms. The van der Waals surface area contributed by atoms with E-state index >= 15 is 0 Å². The molecule has 0 N–H and O–H groups in total. The third-order valence-corrected chi connectivity index (χ3v) is 8.21. The molecule has 0 aliphatic carbocycles. The monoisotopic (exact) mass is 631 g/mol. The van der Waals surface area contributed by atoms with Gasteiger partial charge in [-0.15, -0.1) is 0 Å². The predicted molar refractivity (Wildman–Crippen MR) is 160 cm³/mol. The molecule has 2 aliphatic heterocycles. The Bertz CT molecular complexity index is 1970. The average molecular weight is 632 g/mol. The second-order valence-electron chi connectivity index (χ2n) is 11.0. The van der Waals surface area contributed by atoms with Crippen LogP contribution in [0.15, 0.2) is 57.7 Å². The normalized spacial score (nSPS) is 16.2. The summed E-state index contributed by atoms with van der Waals surface area (Å²) < 4.78 is 22.9. The molecule has 2 aliphatic rings. The molecule has 4 aromatic rings. The van der Waals surface area contributed by atoms with Gasteiger partial charge < -0.3 is 33.0 Å². The topological polar surface area (TPSA) is 177 Å². The van der Waals surface area contributed by atoms with Crippen LogP contribution in [0.2, 0.25) is 0 Å². The molecule has 5 heterocycles. The number of carbonyl (C=O) groups is 3. The van der Waals surface area contributed by atoms with Crippen LogP contribution >= 0.6 is 0 Å². The van der Waals surface area contributed by atoms with Gasteiger partial charge >= 0.3 is 24.0 Å². The van der Waals surface area contributed by atoms with E-state index in [1.54, 1.807) is 17.6 Å². The number of benzene rings is 1. The number of furan rings is 1. The van der Waals surface area contributed by atoms with Crippen LogP contribution in [0.25, 0.3) is 22.3 Å². The van der Waals surface area contributed by atoms with Crippen LogP contribution in [0.1, 0.15) is 35.8 Å². The molecule has 0 saturated heterocycles. The van der Waals surface area contributed by atoms with Gasteiger partial charge in [0.15, 0.2) is 6.61 Å². The molecule has 15 heteroatoms. The number of likely N-dealkylation sites (N-methyl/N-ethyl adjacent to an activating group) is 2. The first kappa shape index (κ1) is 30.3. The zero-order chi connectivity index (χ0) is 32.7. The molecule has 15 nitrogen and oxygen atoms in total. The summed E-state index contributed by atoms with van der Waals surface area (Å²) in [6, 6.07) is 13.8. The molecule has 1 atom stereocenters. The number of nitrogens with zero attached hydrogens (tertiary/aromatic N) is 5. The van der Waals surface area contributed by atoms with Crippen LogP contribution in [0.5, 0.6) is 0 Å². The van der Waals surface area contributed by atoms with E-state index in [2.05, 4.69) is 0 Å². The number of carbonyl (C=O) groups excluding carboxylic acids is 3. The Morgan fingerprint density at radius 2 is 1.83 bits per heavy atom. The molecule has 6 rings (SSSR count). The number of esters is 1. The Labute approximate surface area is 261 Å². The first-order valence-electron chi connectivity index (χ1n) is 14.4. The highest BCUT2D eigenvalue weighted by Crippen LogP contribution is 2.41. The fraction of sp³-hybridized carbons (Fsp3) is 0.323. The molecule has 1 aromatic carbocycles. The summed E-state index contributed by atoms with van der Waals surface area (Å²) in [6.45, 7) is 1.40. The van der Waals surface area contributed by atoms with Crippen LogP contribution < -0.4 is 5.56 Å². The third kappa shape index (κ3) is 5.18. The van der Waals surface area contributed by atoms with Gasteiger partial charge in [0.05, 0.1) is 35.1 Å². The first-order valence-corrected chi connectivity index (χ1v) is 14.4. The summed E-state index contributed by atoms with van der Waals surface area (Å²) in [7, 11) is 2.88. The molecule has 0 radical (unpaired) electrons. The van der Waals surface area contributed by atoms with Crippen molar-refractivity contribution in [3.8, 4) is 11.4 Å². The summed E-state index contributed by atoms with van der Waals surface area (Å²) in [5.74, 6) is -1.17. The van der Waals surface area contributed by atoms with Crippen molar-refractivity contribution in [3.05, 3.63) is 91.4 Å². The van der Waals surface area contributed by atoms with Gasteiger partial charge in [-0.2, -0.15) is 0 Å². The second-order valence-corrected chi connectivity index (χ2v) is 11.0. The summed E-state index contributed by atoms with van der Waals surface area (Å²) in [5.41, 5.74) is 0.994. The Morgan fingerprint density at radius 1 is 1.09 bits per heavy atom. The first-order chi connectivity index (χ1) is 22.0. The predicted octanol–water partition coefficient (Wildman–Crippen LogP) is 3.93. The molecule has 0 unspecified atom stereocenters. The third-order valence-electron chi connectivity index (χ3n) is 8.21. The summed E-state index contributed by atoms with van der Waals surface area (Å²) >= 11 is 0. The number of fused-ring (bicyclic) bond motifs is 5. The van der Waals surface area contributed by atoms with Gasteiger partial charge in [-0.1, -0.05) is 25.1 Å². The Kier molecular flexibility index (Phi) is 7.67. The highest BCUT2D eigenvalue weighted by atomic mass is 16.7. The van der Waals surface area contributed by atoms with Crippen molar-refractivity contribution in [3.63, 3.8) is 0 Å². The van der Waals surface area contributed by atoms with Crippen LogP contribution in [0, 0.1) is 10.1 Å². The molecule has 2 amide bonds. The largest absolute Gasteiger partial charge is 0.457 e. The molecule has 238 valence electrons. The van der Waals surface area contributed by atoms with E-state index in [1.807, 2.05) is 30.3 Å². The molecule has 0 fully saturated rings. The van der Waals surface area contributed by atoms with E-state index in [9.17, 15) is 29.3 Å². The van der Waals surface area contributed by atoms with Gasteiger partial charge in [-0.25, -0.2) is 19.4 Å². The van der Waals surface area contributed by atoms with Crippen LogP contribution in [0.4, 0.5) is 15.5 Å². The van der Waals surface area contributed by atoms with E-state index in [0.29, 0.717) is 17.9 Å². The molecule has 0 saturated carbocycles. The standard InChI is InChI=1S/C31H29N5O10/c1-4-31(46-30(40)34(3)12-11-33(2)29(39)44-16-20-9-10-25(45-20)36(41)42)22-14-24-26-19(13-18-7-5-6-8-23(18)32-26)15-35(24)27(37)21(22)17-43-28(31)38/h5-10,13-14H,4,11-12,15-17H2,1-3H3/t31-/m0/s1. The van der Waals surface area contributed by atoms with E-state index in [-0.39, 0.29) is 55.2 Å². The number of hydrogen-bond acceptors (Lipinski definition) is 11. The fourth-order valence-electron chi connectivity index (χ4n) is 5.58. The number of rotatable bonds is 8. The lowest BCUT2D eigenvalue weighted by atomic mass is 9.85. The van der Waals surface area contributed by atoms with Crippen LogP contribution in [0.3, 0.4) is 0 Å². The van der Waals surface area contributed by atoms with Crippen molar-refractivity contribution < 1.29 is 37.9 Å². The van der Waals surface area contributed by atoms with Crippen molar-refractivity contribution in [1.82, 2.24) is 19.4 Å². The average Bonchev–Trinajstić information content (AvgIpc) is 3.68. The van der Waals surface area contributed by atoms with Gasteiger partial charge in [-0.05, 0) is 30.7 Å². The van der Waals surface area contributed by atoms with Gasteiger partial charge in [0.1, 0.15) is 17.3 Å². The van der Waals surface area contributed by atoms with Crippen LogP contribution in [-0.2, 0) is 44.4 Å². The van der Waals surface area contributed by atoms with Crippen molar-refractivity contribution in [1.29, 1.82) is 0 Å². The van der Waals surface area contributed by atoms with E-state index in [4.69, 9.17) is 23.6 Å². The smallest absolute Gasteiger partial charge is 0.433 e. The number of pyridine rings is 2. The Morgan fingerprint density at radius 3 is 2.54 bits per heavy atom. The van der Waals surface area contributed by atoms with Crippen molar-refractivity contribution in [2.75, 3.05) is 27.2 Å². The number of nitro groups is 1. The number of para-hydroxylation sites is 1. The SMILES string of the molecule is CC[C@@]1(OC(=O)N(C)CCN(C)C(=O)OCc2ccc([N+](=O)[O-])o2)C(=O)OCc2c1cc1n(c2=O)Cc2cc3ccccc3nc2-1. The lowest BCUT2D eigenvalue weighted by Crippen LogP contribution is -2.49. The van der Waals surface area contributed by atoms with E-state index in [1.165, 1.54) is 30.0 Å². The van der Waals surface area contributed by atoms with Crippen molar-refractivity contribution in [2.45, 2.75) is 38.7 Å². The molecular weight excluding hydrogens is 602 g/mol. The van der Waals surface area contributed by atoms with E-state index in [0.717, 1.165) is 22.5 Å². The number of hydrogen-bond donors (Lipinski definition) is 0. The fourth-order valence-corrected chi connectivity index (χ4v) is 5.58. The highest BCUT2D eigenvalue weighted by molar-refractivity contribution is 5.88. The molecule has 0 spiro atoms.